The van der Waals surface area contributed by atoms with Gasteiger partial charge in [0.15, 0.2) is 0 Å². The predicted molar refractivity (Wildman–Crippen MR) is 68.0 cm³/mol. The topological polar surface area (TPSA) is 88.8 Å². The fraction of sp³-hybridized carbons (Fsp3) is 0.538. The average Bonchev–Trinajstić information content (AvgIpc) is 2.67. The maximum absolute atomic E-state index is 11.5. The molecule has 0 saturated heterocycles. The molecular formula is C13H19NO5. The number of rotatable bonds is 7. The first kappa shape index (κ1) is 15.2. The third kappa shape index (κ3) is 5.13. The van der Waals surface area contributed by atoms with E-state index in [1.807, 2.05) is 13.8 Å². The zero-order valence-electron chi connectivity index (χ0n) is 11.4. The van der Waals surface area contributed by atoms with Gasteiger partial charge in [0.25, 0.3) is 0 Å². The average molecular weight is 269 g/mol. The van der Waals surface area contributed by atoms with Gasteiger partial charge in [-0.2, -0.15) is 0 Å². The fourth-order valence-corrected chi connectivity index (χ4v) is 1.50. The summed E-state index contributed by atoms with van der Waals surface area (Å²) in [7, 11) is 0. The lowest BCUT2D eigenvalue weighted by molar-refractivity contribution is -0.122. The predicted octanol–water partition coefficient (Wildman–Crippen LogP) is 1.72. The quantitative estimate of drug-likeness (QED) is 0.786. The number of nitrogens with one attached hydrogen (secondary N) is 1. The summed E-state index contributed by atoms with van der Waals surface area (Å²) in [4.78, 5) is 22.3. The Balaban J connectivity index is 2.38. The highest BCUT2D eigenvalue weighted by atomic mass is 16.5. The number of hydrogen-bond donors (Lipinski definition) is 2. The second kappa shape index (κ2) is 6.94. The van der Waals surface area contributed by atoms with Crippen molar-refractivity contribution in [3.63, 3.8) is 0 Å². The highest BCUT2D eigenvalue weighted by Crippen LogP contribution is 2.14. The van der Waals surface area contributed by atoms with E-state index in [9.17, 15) is 9.59 Å². The van der Waals surface area contributed by atoms with Gasteiger partial charge in [0.05, 0.1) is 19.3 Å². The Morgan fingerprint density at radius 2 is 2.16 bits per heavy atom. The van der Waals surface area contributed by atoms with E-state index in [1.165, 1.54) is 6.07 Å². The Labute approximate surface area is 111 Å². The minimum Gasteiger partial charge on any atom is -0.478 e. The molecule has 0 aromatic carbocycles. The highest BCUT2D eigenvalue weighted by Gasteiger charge is 2.14. The van der Waals surface area contributed by atoms with E-state index in [4.69, 9.17) is 14.3 Å². The number of carbonyl (C=O) groups excluding carboxylic acids is 1. The molecule has 0 fully saturated rings. The van der Waals surface area contributed by atoms with E-state index < -0.39 is 5.97 Å². The molecule has 0 bridgehead atoms. The van der Waals surface area contributed by atoms with E-state index in [1.54, 1.807) is 6.92 Å². The van der Waals surface area contributed by atoms with Crippen LogP contribution in [0.5, 0.6) is 0 Å². The van der Waals surface area contributed by atoms with Crippen LogP contribution in [0.25, 0.3) is 0 Å². The molecule has 0 aliphatic carbocycles. The molecule has 1 heterocycles. The van der Waals surface area contributed by atoms with Gasteiger partial charge in [-0.1, -0.05) is 0 Å². The summed E-state index contributed by atoms with van der Waals surface area (Å²) < 4.78 is 10.5. The van der Waals surface area contributed by atoms with Crippen molar-refractivity contribution in [3.8, 4) is 0 Å². The number of ether oxygens (including phenoxy) is 1. The fourth-order valence-electron chi connectivity index (χ4n) is 1.50. The standard InChI is InChI=1S/C13H19NO5/c1-8(2)18-5-4-12(15)14-7-10-6-11(13(16)17)9(3)19-10/h6,8H,4-5,7H2,1-3H3,(H,14,15)(H,16,17). The molecule has 1 aromatic heterocycles. The number of aromatic carboxylic acids is 1. The summed E-state index contributed by atoms with van der Waals surface area (Å²) in [6.45, 7) is 5.91. The SMILES string of the molecule is Cc1oc(CNC(=O)CCOC(C)C)cc1C(=O)O. The first-order valence-corrected chi connectivity index (χ1v) is 6.11. The molecule has 1 amide bonds. The smallest absolute Gasteiger partial charge is 0.339 e. The van der Waals surface area contributed by atoms with Crippen LogP contribution in [0, 0.1) is 6.92 Å². The van der Waals surface area contributed by atoms with Crippen LogP contribution in [0.2, 0.25) is 0 Å². The summed E-state index contributed by atoms with van der Waals surface area (Å²) in [6.07, 6.45) is 0.363. The van der Waals surface area contributed by atoms with Gasteiger partial charge in [-0.05, 0) is 26.8 Å². The van der Waals surface area contributed by atoms with Crippen molar-refractivity contribution in [2.24, 2.45) is 0 Å². The van der Waals surface area contributed by atoms with Gasteiger partial charge in [-0.15, -0.1) is 0 Å². The van der Waals surface area contributed by atoms with E-state index in [2.05, 4.69) is 5.32 Å². The summed E-state index contributed by atoms with van der Waals surface area (Å²) >= 11 is 0. The lowest BCUT2D eigenvalue weighted by atomic mass is 10.2. The zero-order valence-corrected chi connectivity index (χ0v) is 11.4. The van der Waals surface area contributed by atoms with Gasteiger partial charge in [-0.25, -0.2) is 4.79 Å². The minimum atomic E-state index is -1.04. The molecule has 19 heavy (non-hydrogen) atoms. The Bertz CT molecular complexity index is 450. The number of hydrogen-bond acceptors (Lipinski definition) is 4. The molecule has 106 valence electrons. The summed E-state index contributed by atoms with van der Waals surface area (Å²) in [5.74, 6) is -0.441. The normalized spacial score (nSPS) is 10.7. The van der Waals surface area contributed by atoms with Crippen LogP contribution >= 0.6 is 0 Å². The van der Waals surface area contributed by atoms with Crippen molar-refractivity contribution in [2.45, 2.75) is 39.8 Å². The molecule has 0 atom stereocenters. The van der Waals surface area contributed by atoms with Gasteiger partial charge >= 0.3 is 5.97 Å². The van der Waals surface area contributed by atoms with Gasteiger partial charge in [0.2, 0.25) is 5.91 Å². The zero-order chi connectivity index (χ0) is 14.4. The monoisotopic (exact) mass is 269 g/mol. The molecule has 0 radical (unpaired) electrons. The molecule has 0 saturated carbocycles. The van der Waals surface area contributed by atoms with Crippen molar-refractivity contribution >= 4 is 11.9 Å². The first-order chi connectivity index (χ1) is 8.90. The van der Waals surface area contributed by atoms with Crippen molar-refractivity contribution in [2.75, 3.05) is 6.61 Å². The van der Waals surface area contributed by atoms with Gasteiger partial charge in [0.1, 0.15) is 17.1 Å². The summed E-state index contributed by atoms with van der Waals surface area (Å²) in [5, 5.41) is 11.5. The second-order valence-corrected chi connectivity index (χ2v) is 4.43. The lowest BCUT2D eigenvalue weighted by Gasteiger charge is -2.07. The van der Waals surface area contributed by atoms with Crippen LogP contribution < -0.4 is 5.32 Å². The molecule has 1 rings (SSSR count). The van der Waals surface area contributed by atoms with Gasteiger partial charge in [0, 0.05) is 6.42 Å². The highest BCUT2D eigenvalue weighted by molar-refractivity contribution is 5.88. The van der Waals surface area contributed by atoms with Crippen LogP contribution in [-0.2, 0) is 16.1 Å². The van der Waals surface area contributed by atoms with Gasteiger partial charge < -0.3 is 19.6 Å². The largest absolute Gasteiger partial charge is 0.478 e. The number of carboxylic acids is 1. The van der Waals surface area contributed by atoms with Crippen LogP contribution in [0.3, 0.4) is 0 Å². The Hall–Kier alpha value is -1.82. The third-order valence-corrected chi connectivity index (χ3v) is 2.44. The molecule has 0 spiro atoms. The minimum absolute atomic E-state index is 0.0960. The number of carboxylic acid groups (broad SMARTS) is 1. The van der Waals surface area contributed by atoms with Crippen molar-refractivity contribution in [1.29, 1.82) is 0 Å². The van der Waals surface area contributed by atoms with Crippen molar-refractivity contribution < 1.29 is 23.8 Å². The molecule has 6 nitrogen and oxygen atoms in total. The maximum atomic E-state index is 11.5. The Morgan fingerprint density at radius 1 is 1.47 bits per heavy atom. The molecular weight excluding hydrogens is 250 g/mol. The first-order valence-electron chi connectivity index (χ1n) is 6.11. The summed E-state index contributed by atoms with van der Waals surface area (Å²) in [5.41, 5.74) is 0.118. The second-order valence-electron chi connectivity index (χ2n) is 4.43. The van der Waals surface area contributed by atoms with Crippen molar-refractivity contribution in [1.82, 2.24) is 5.32 Å². The molecule has 0 aliphatic rings. The van der Waals surface area contributed by atoms with Crippen LogP contribution in [-0.4, -0.2) is 29.7 Å². The van der Waals surface area contributed by atoms with E-state index in [-0.39, 0.29) is 30.5 Å². The third-order valence-electron chi connectivity index (χ3n) is 2.44. The number of aryl methyl sites for hydroxylation is 1. The van der Waals surface area contributed by atoms with E-state index in [0.717, 1.165) is 0 Å². The number of amides is 1. The number of carbonyl (C=O) groups is 2. The van der Waals surface area contributed by atoms with Crippen molar-refractivity contribution in [3.05, 3.63) is 23.2 Å². The molecule has 0 aliphatic heterocycles. The molecule has 1 aromatic rings. The Morgan fingerprint density at radius 3 is 2.68 bits per heavy atom. The maximum Gasteiger partial charge on any atom is 0.339 e. The van der Waals surface area contributed by atoms with Crippen LogP contribution in [0.4, 0.5) is 0 Å². The number of furan rings is 1. The van der Waals surface area contributed by atoms with E-state index in [0.29, 0.717) is 18.1 Å². The van der Waals surface area contributed by atoms with Crippen LogP contribution in [0.1, 0.15) is 42.1 Å². The summed E-state index contributed by atoms with van der Waals surface area (Å²) in [6, 6.07) is 1.42. The van der Waals surface area contributed by atoms with Gasteiger partial charge in [-0.3, -0.25) is 4.79 Å². The van der Waals surface area contributed by atoms with Crippen LogP contribution in [0.15, 0.2) is 10.5 Å². The molecule has 2 N–H and O–H groups in total. The molecule has 0 unspecified atom stereocenters. The van der Waals surface area contributed by atoms with E-state index >= 15 is 0 Å². The lowest BCUT2D eigenvalue weighted by Crippen LogP contribution is -2.24. The molecule has 6 heteroatoms. The Kier molecular flexibility index (Phi) is 5.57.